The third kappa shape index (κ3) is 2.89. The van der Waals surface area contributed by atoms with Crippen molar-refractivity contribution in [2.45, 2.75) is 18.5 Å². The Morgan fingerprint density at radius 1 is 0.909 bits per heavy atom. The summed E-state index contributed by atoms with van der Waals surface area (Å²) < 4.78 is 0. The van der Waals surface area contributed by atoms with Gasteiger partial charge >= 0.3 is 5.97 Å². The van der Waals surface area contributed by atoms with Gasteiger partial charge in [-0.1, -0.05) is 66.7 Å². The Morgan fingerprint density at radius 3 is 2.21 bits per heavy atom. The molecular weight excluding hydrogens is 420 g/mol. The number of fused-ring (bicyclic) bond motifs is 1. The van der Waals surface area contributed by atoms with Gasteiger partial charge in [-0.3, -0.25) is 14.9 Å². The number of nitrogens with zero attached hydrogens (tertiary/aromatic N) is 1. The van der Waals surface area contributed by atoms with E-state index < -0.39 is 41.2 Å². The number of carbonyl (C=O) groups excluding carboxylic acids is 2. The Morgan fingerprint density at radius 2 is 1.55 bits per heavy atom. The third-order valence-corrected chi connectivity index (χ3v) is 6.75. The normalized spacial score (nSPS) is 26.5. The number of amides is 2. The summed E-state index contributed by atoms with van der Waals surface area (Å²) in [6.07, 6.45) is 0. The zero-order valence-corrected chi connectivity index (χ0v) is 17.8. The summed E-state index contributed by atoms with van der Waals surface area (Å²) in [5.74, 6) is -4.60. The SMILES string of the molecule is Cc1ccccc1N1C(=O)C2C(c3ccccc3O)NC(C(=O)O)(c3ccccc3)C2C1=O. The second-order valence-electron chi connectivity index (χ2n) is 8.46. The highest BCUT2D eigenvalue weighted by Crippen LogP contribution is 2.54. The van der Waals surface area contributed by atoms with Crippen molar-refractivity contribution in [1.82, 2.24) is 5.32 Å². The fourth-order valence-electron chi connectivity index (χ4n) is 5.26. The first-order valence-electron chi connectivity index (χ1n) is 10.7. The number of hydrogen-bond donors (Lipinski definition) is 3. The molecule has 2 aliphatic heterocycles. The number of carbonyl (C=O) groups is 3. The number of imide groups is 1. The molecule has 0 saturated carbocycles. The Balaban J connectivity index is 1.75. The molecule has 2 heterocycles. The number of nitrogens with one attached hydrogen (secondary N) is 1. The van der Waals surface area contributed by atoms with E-state index in [4.69, 9.17) is 0 Å². The quantitative estimate of drug-likeness (QED) is 0.536. The van der Waals surface area contributed by atoms with Gasteiger partial charge in [0.05, 0.1) is 17.5 Å². The lowest BCUT2D eigenvalue weighted by Crippen LogP contribution is -2.53. The first-order valence-corrected chi connectivity index (χ1v) is 10.7. The molecule has 5 rings (SSSR count). The Kier molecular flexibility index (Phi) is 4.79. The minimum absolute atomic E-state index is 0.0717. The van der Waals surface area contributed by atoms with Crippen LogP contribution in [-0.4, -0.2) is 28.0 Å². The van der Waals surface area contributed by atoms with Crippen molar-refractivity contribution in [3.8, 4) is 5.75 Å². The number of carboxylic acids is 1. The van der Waals surface area contributed by atoms with Crippen molar-refractivity contribution >= 4 is 23.5 Å². The van der Waals surface area contributed by atoms with Crippen LogP contribution in [0.5, 0.6) is 5.75 Å². The van der Waals surface area contributed by atoms with Gasteiger partial charge in [-0.15, -0.1) is 0 Å². The Hall–Kier alpha value is -3.97. The molecule has 2 aliphatic rings. The molecule has 0 bridgehead atoms. The van der Waals surface area contributed by atoms with Crippen LogP contribution in [0.1, 0.15) is 22.7 Å². The van der Waals surface area contributed by atoms with E-state index in [1.165, 1.54) is 6.07 Å². The average Bonchev–Trinajstić information content (AvgIpc) is 3.30. The monoisotopic (exact) mass is 442 g/mol. The largest absolute Gasteiger partial charge is 0.508 e. The number of rotatable bonds is 4. The van der Waals surface area contributed by atoms with Gasteiger partial charge in [0, 0.05) is 11.6 Å². The van der Waals surface area contributed by atoms with Gasteiger partial charge in [0.25, 0.3) is 0 Å². The lowest BCUT2D eigenvalue weighted by atomic mass is 9.75. The summed E-state index contributed by atoms with van der Waals surface area (Å²) in [7, 11) is 0. The number of carboxylic acid groups (broad SMARTS) is 1. The van der Waals surface area contributed by atoms with Gasteiger partial charge in [-0.2, -0.15) is 0 Å². The molecule has 33 heavy (non-hydrogen) atoms. The summed E-state index contributed by atoms with van der Waals surface area (Å²) in [5.41, 5.74) is 0.0676. The molecule has 2 amide bonds. The summed E-state index contributed by atoms with van der Waals surface area (Å²) >= 11 is 0. The fourth-order valence-corrected chi connectivity index (χ4v) is 5.26. The van der Waals surface area contributed by atoms with Crippen LogP contribution in [0, 0.1) is 18.8 Å². The zero-order chi connectivity index (χ0) is 23.3. The van der Waals surface area contributed by atoms with Crippen LogP contribution in [0.25, 0.3) is 0 Å². The van der Waals surface area contributed by atoms with Crippen LogP contribution in [0.3, 0.4) is 0 Å². The van der Waals surface area contributed by atoms with E-state index in [2.05, 4.69) is 5.32 Å². The van der Waals surface area contributed by atoms with E-state index in [0.29, 0.717) is 16.8 Å². The predicted molar refractivity (Wildman–Crippen MR) is 120 cm³/mol. The topological polar surface area (TPSA) is 107 Å². The number of phenols is 1. The maximum absolute atomic E-state index is 13.8. The van der Waals surface area contributed by atoms with Gasteiger partial charge < -0.3 is 10.2 Å². The molecule has 166 valence electrons. The standard InChI is InChI=1S/C26H22N2O5/c1-15-9-5-7-13-18(15)28-23(30)20-21(24(28)31)26(25(32)33,16-10-3-2-4-11-16)27-22(20)17-12-6-8-14-19(17)29/h2-14,20-22,27,29H,1H3,(H,32,33). The molecule has 3 aromatic rings. The van der Waals surface area contributed by atoms with Crippen LogP contribution in [0.2, 0.25) is 0 Å². The number of aromatic hydroxyl groups is 1. The molecule has 3 N–H and O–H groups in total. The molecule has 4 unspecified atom stereocenters. The number of phenolic OH excluding ortho intramolecular Hbond substituents is 1. The van der Waals surface area contributed by atoms with Crippen LogP contribution in [-0.2, 0) is 19.9 Å². The number of hydrogen-bond acceptors (Lipinski definition) is 5. The van der Waals surface area contributed by atoms with Crippen LogP contribution in [0.15, 0.2) is 78.9 Å². The van der Waals surface area contributed by atoms with E-state index in [9.17, 15) is 24.6 Å². The third-order valence-electron chi connectivity index (χ3n) is 6.75. The lowest BCUT2D eigenvalue weighted by Gasteiger charge is -2.32. The predicted octanol–water partition coefficient (Wildman–Crippen LogP) is 3.13. The molecule has 0 aliphatic carbocycles. The van der Waals surface area contributed by atoms with Gasteiger partial charge in [0.15, 0.2) is 5.54 Å². The molecule has 0 spiro atoms. The average molecular weight is 442 g/mol. The van der Waals surface area contributed by atoms with Gasteiger partial charge in [0.2, 0.25) is 11.8 Å². The summed E-state index contributed by atoms with van der Waals surface area (Å²) in [6.45, 7) is 1.80. The Labute approximate surface area is 190 Å². The van der Waals surface area contributed by atoms with Gasteiger partial charge in [0.1, 0.15) is 5.75 Å². The first-order chi connectivity index (χ1) is 15.9. The molecule has 2 fully saturated rings. The van der Waals surface area contributed by atoms with Crippen molar-refractivity contribution in [2.75, 3.05) is 4.90 Å². The number of benzene rings is 3. The molecule has 7 heteroatoms. The molecule has 0 radical (unpaired) electrons. The van der Waals surface area contributed by atoms with E-state index in [1.54, 1.807) is 73.7 Å². The molecule has 0 aromatic heterocycles. The number of para-hydroxylation sites is 2. The van der Waals surface area contributed by atoms with Crippen molar-refractivity contribution in [1.29, 1.82) is 0 Å². The summed E-state index contributed by atoms with van der Waals surface area (Å²) in [4.78, 5) is 41.6. The van der Waals surface area contributed by atoms with E-state index in [1.807, 2.05) is 6.07 Å². The van der Waals surface area contributed by atoms with E-state index in [0.717, 1.165) is 10.5 Å². The highest BCUT2D eigenvalue weighted by atomic mass is 16.4. The summed E-state index contributed by atoms with van der Waals surface area (Å²) in [5, 5.41) is 24.2. The highest BCUT2D eigenvalue weighted by Gasteiger charge is 2.69. The highest BCUT2D eigenvalue weighted by molar-refractivity contribution is 6.24. The molecule has 3 aromatic carbocycles. The lowest BCUT2D eigenvalue weighted by molar-refractivity contribution is -0.149. The second-order valence-corrected chi connectivity index (χ2v) is 8.46. The van der Waals surface area contributed by atoms with Crippen molar-refractivity contribution in [2.24, 2.45) is 11.8 Å². The summed E-state index contributed by atoms with van der Waals surface area (Å²) in [6, 6.07) is 21.0. The van der Waals surface area contributed by atoms with Crippen LogP contribution >= 0.6 is 0 Å². The number of aryl methyl sites for hydroxylation is 1. The molecule has 7 nitrogen and oxygen atoms in total. The zero-order valence-electron chi connectivity index (χ0n) is 17.8. The molecule has 2 saturated heterocycles. The maximum Gasteiger partial charge on any atom is 0.329 e. The van der Waals surface area contributed by atoms with Crippen molar-refractivity contribution in [3.63, 3.8) is 0 Å². The number of anilines is 1. The van der Waals surface area contributed by atoms with Crippen LogP contribution in [0.4, 0.5) is 5.69 Å². The van der Waals surface area contributed by atoms with Crippen molar-refractivity contribution < 1.29 is 24.6 Å². The maximum atomic E-state index is 13.8. The Bertz CT molecular complexity index is 1270. The van der Waals surface area contributed by atoms with Gasteiger partial charge in [-0.25, -0.2) is 9.69 Å². The van der Waals surface area contributed by atoms with Gasteiger partial charge in [-0.05, 0) is 30.2 Å². The number of aliphatic carboxylic acids is 1. The van der Waals surface area contributed by atoms with E-state index in [-0.39, 0.29) is 5.75 Å². The first kappa shape index (κ1) is 20.9. The smallest absolute Gasteiger partial charge is 0.329 e. The molecule has 4 atom stereocenters. The fraction of sp³-hybridized carbons (Fsp3) is 0.192. The molecular formula is C26H22N2O5. The van der Waals surface area contributed by atoms with Crippen molar-refractivity contribution in [3.05, 3.63) is 95.6 Å². The van der Waals surface area contributed by atoms with E-state index >= 15 is 0 Å². The minimum atomic E-state index is -1.84. The van der Waals surface area contributed by atoms with Crippen LogP contribution < -0.4 is 10.2 Å². The minimum Gasteiger partial charge on any atom is -0.508 e. The second kappa shape index (κ2) is 7.56.